The van der Waals surface area contributed by atoms with Gasteiger partial charge in [-0.1, -0.05) is 40.0 Å². The second-order valence-corrected chi connectivity index (χ2v) is 15.8. The molecule has 4 rings (SSSR count). The van der Waals surface area contributed by atoms with Crippen LogP contribution in [0.15, 0.2) is 0 Å². The predicted octanol–water partition coefficient (Wildman–Crippen LogP) is 7.10. The van der Waals surface area contributed by atoms with E-state index in [4.69, 9.17) is 29.5 Å². The Kier molecular flexibility index (Phi) is 6.93. The van der Waals surface area contributed by atoms with Gasteiger partial charge in [0.1, 0.15) is 0 Å². The van der Waals surface area contributed by atoms with Crippen molar-refractivity contribution < 1.29 is 12.3 Å². The van der Waals surface area contributed by atoms with E-state index in [9.17, 15) is 0 Å². The van der Waals surface area contributed by atoms with Crippen molar-refractivity contribution in [3.63, 3.8) is 0 Å². The van der Waals surface area contributed by atoms with Gasteiger partial charge in [-0.2, -0.15) is 5.41 Å². The van der Waals surface area contributed by atoms with E-state index in [1.54, 1.807) is 19.3 Å². The summed E-state index contributed by atoms with van der Waals surface area (Å²) in [7, 11) is 16.2. The summed E-state index contributed by atoms with van der Waals surface area (Å²) in [6, 6.07) is 0. The second-order valence-electron chi connectivity index (χ2n) is 8.09. The minimum absolute atomic E-state index is 0.250. The summed E-state index contributed by atoms with van der Waals surface area (Å²) in [6.45, 7) is 6.77. The van der Waals surface area contributed by atoms with Crippen LogP contribution in [0.4, 0.5) is 0 Å². The van der Waals surface area contributed by atoms with Gasteiger partial charge in [0.05, 0.1) is 0 Å². The van der Waals surface area contributed by atoms with Gasteiger partial charge in [-0.05, 0) is 37.0 Å². The van der Waals surface area contributed by atoms with Gasteiger partial charge in [0.2, 0.25) is 0 Å². The van der Waals surface area contributed by atoms with Crippen LogP contribution in [-0.2, 0) is 12.3 Å². The van der Waals surface area contributed by atoms with Crippen molar-refractivity contribution >= 4 is 43.5 Å². The molecular weight excluding hydrogens is 380 g/mol. The SMILES string of the molecule is CC(C)(C)[C-]=P[CH-]C12CC3CC(CC(C3)C1)C2.[Cl][V]([Cl])[Cl]. The van der Waals surface area contributed by atoms with Gasteiger partial charge in [-0.25, -0.2) is 0 Å². The van der Waals surface area contributed by atoms with E-state index in [-0.39, 0.29) is 5.41 Å². The van der Waals surface area contributed by atoms with Crippen molar-refractivity contribution in [3.05, 3.63) is 6.16 Å². The molecule has 0 nitrogen and oxygen atoms in total. The molecule has 4 fully saturated rings. The monoisotopic (exact) mass is 404 g/mol. The Morgan fingerprint density at radius 2 is 1.38 bits per heavy atom. The van der Waals surface area contributed by atoms with Crippen LogP contribution < -0.4 is 0 Å². The first kappa shape index (κ1) is 19.0. The third kappa shape index (κ3) is 6.21. The molecule has 0 saturated heterocycles. The summed E-state index contributed by atoms with van der Waals surface area (Å²) < 4.78 is 0. The Labute approximate surface area is 149 Å². The molecule has 0 N–H and O–H groups in total. The van der Waals surface area contributed by atoms with Crippen molar-refractivity contribution in [3.8, 4) is 0 Å². The Morgan fingerprint density at radius 1 is 1.00 bits per heavy atom. The standard InChI is InChI=1S/C16H25P.3ClH.V/c1-15(2,3)10-17-11-16-7-12-4-13(8-16)6-14(5-12)9-16;;;;/h11-14H,4-9H2,1-3H3;3*1H;/q-2;;;;+3/p-3. The molecule has 4 bridgehead atoms. The molecule has 0 aromatic carbocycles. The zero-order valence-electron chi connectivity index (χ0n) is 13.1. The van der Waals surface area contributed by atoms with Crippen LogP contribution >= 0.6 is 37.7 Å². The fourth-order valence-corrected chi connectivity index (χ4v) is 5.74. The maximum atomic E-state index is 4.95. The Bertz CT molecular complexity index is 338. The molecule has 0 unspecified atom stereocenters. The molecule has 21 heavy (non-hydrogen) atoms. The van der Waals surface area contributed by atoms with Gasteiger partial charge in [-0.3, -0.25) is 0 Å². The van der Waals surface area contributed by atoms with E-state index in [2.05, 4.69) is 32.7 Å². The fraction of sp³-hybridized carbons (Fsp3) is 0.875. The zero-order valence-corrected chi connectivity index (χ0v) is 17.6. The van der Waals surface area contributed by atoms with Crippen LogP contribution in [0.2, 0.25) is 0 Å². The average molecular weight is 406 g/mol. The molecule has 0 radical (unpaired) electrons. The first-order valence-electron chi connectivity index (χ1n) is 7.76. The van der Waals surface area contributed by atoms with Crippen molar-refractivity contribution in [2.24, 2.45) is 28.6 Å². The molecule has 0 amide bonds. The minimum atomic E-state index is -1.77. The van der Waals surface area contributed by atoms with Gasteiger partial charge in [-0.15, -0.1) is 5.41 Å². The van der Waals surface area contributed by atoms with E-state index in [0.29, 0.717) is 5.41 Å². The normalized spacial score (nSPS) is 38.0. The average Bonchev–Trinajstić information content (AvgIpc) is 2.23. The quantitative estimate of drug-likeness (QED) is 0.339. The first-order chi connectivity index (χ1) is 9.67. The van der Waals surface area contributed by atoms with Crippen LogP contribution in [0.1, 0.15) is 59.3 Å². The van der Waals surface area contributed by atoms with Crippen molar-refractivity contribution in [2.75, 3.05) is 0 Å². The molecule has 0 heterocycles. The first-order valence-corrected chi connectivity index (χ1v) is 14.5. The van der Waals surface area contributed by atoms with Crippen LogP contribution in [0.3, 0.4) is 0 Å². The molecule has 0 spiro atoms. The van der Waals surface area contributed by atoms with Crippen molar-refractivity contribution in [1.82, 2.24) is 0 Å². The van der Waals surface area contributed by atoms with Gasteiger partial charge in [0.25, 0.3) is 0 Å². The molecule has 122 valence electrons. The van der Waals surface area contributed by atoms with Gasteiger partial charge in [0, 0.05) is 0 Å². The van der Waals surface area contributed by atoms with E-state index < -0.39 is 12.3 Å². The number of halogens is 3. The van der Waals surface area contributed by atoms with Crippen LogP contribution in [0, 0.1) is 34.7 Å². The molecule has 0 aromatic rings. The topological polar surface area (TPSA) is 0 Å². The van der Waals surface area contributed by atoms with E-state index in [1.807, 2.05) is 0 Å². The maximum absolute atomic E-state index is 4.95. The third-order valence-electron chi connectivity index (χ3n) is 4.82. The molecule has 4 aliphatic rings. The Morgan fingerprint density at radius 3 is 1.71 bits per heavy atom. The zero-order chi connectivity index (χ0) is 15.7. The number of rotatable bonds is 2. The summed E-state index contributed by atoms with van der Waals surface area (Å²) in [5, 5.41) is 0. The molecule has 4 aliphatic carbocycles. The van der Waals surface area contributed by atoms with Crippen molar-refractivity contribution in [1.29, 1.82) is 0 Å². The second kappa shape index (κ2) is 7.67. The van der Waals surface area contributed by atoms with Gasteiger partial charge >= 0.3 is 41.8 Å². The van der Waals surface area contributed by atoms with E-state index >= 15 is 0 Å². The van der Waals surface area contributed by atoms with Crippen LogP contribution in [0.5, 0.6) is 0 Å². The van der Waals surface area contributed by atoms with Crippen LogP contribution in [0.25, 0.3) is 0 Å². The van der Waals surface area contributed by atoms with E-state index in [0.717, 1.165) is 17.8 Å². The van der Waals surface area contributed by atoms with Crippen LogP contribution in [-0.4, -0.2) is 5.80 Å². The molecule has 4 saturated carbocycles. The predicted molar refractivity (Wildman–Crippen MR) is 93.8 cm³/mol. The molecule has 0 atom stereocenters. The van der Waals surface area contributed by atoms with E-state index in [1.165, 1.54) is 27.5 Å². The third-order valence-corrected chi connectivity index (χ3v) is 6.30. The summed E-state index contributed by atoms with van der Waals surface area (Å²) in [5.74, 6) is 6.83. The Balaban J connectivity index is 0.000000361. The summed E-state index contributed by atoms with van der Waals surface area (Å²) in [5.41, 5.74) is 0.870. The molecular formula is C16H25Cl3PV-2. The van der Waals surface area contributed by atoms with Gasteiger partial charge in [0.15, 0.2) is 0 Å². The Hall–Kier alpha value is 1.62. The molecule has 0 aromatic heterocycles. The summed E-state index contributed by atoms with van der Waals surface area (Å²) >= 11 is -1.77. The fourth-order valence-electron chi connectivity index (χ4n) is 4.70. The molecule has 0 aliphatic heterocycles. The van der Waals surface area contributed by atoms with Gasteiger partial charge < -0.3 is 20.2 Å². The number of hydrogen-bond donors (Lipinski definition) is 0. The summed E-state index contributed by atoms with van der Waals surface area (Å²) in [6.07, 6.45) is 11.8. The summed E-state index contributed by atoms with van der Waals surface area (Å²) in [4.78, 5) is 0. The number of hydrogen-bond acceptors (Lipinski definition) is 0. The van der Waals surface area contributed by atoms with Crippen molar-refractivity contribution in [2.45, 2.75) is 59.3 Å². The molecule has 5 heteroatoms.